The molecule has 12 heteroatoms. The maximum absolute atomic E-state index is 10.6. The second kappa shape index (κ2) is 10.6. The van der Waals surface area contributed by atoms with Crippen LogP contribution in [-0.2, 0) is 9.53 Å². The molecule has 0 saturated carbocycles. The van der Waals surface area contributed by atoms with Crippen molar-refractivity contribution in [3.8, 4) is 11.8 Å². The quantitative estimate of drug-likeness (QED) is 0.706. The number of aromatic nitrogens is 3. The van der Waals surface area contributed by atoms with Crippen molar-refractivity contribution in [2.45, 2.75) is 31.5 Å². The third-order valence-electron chi connectivity index (χ3n) is 5.57. The number of aliphatic carboxylic acids is 1. The molecule has 2 saturated heterocycles. The highest BCUT2D eigenvalue weighted by molar-refractivity contribution is 5.73. The van der Waals surface area contributed by atoms with Gasteiger partial charge in [0.15, 0.2) is 0 Å². The van der Waals surface area contributed by atoms with E-state index in [-0.39, 0.29) is 11.5 Å². The molecule has 1 atom stereocenters. The van der Waals surface area contributed by atoms with Gasteiger partial charge in [-0.3, -0.25) is 0 Å². The minimum atomic E-state index is -5.08. The second-order valence-corrected chi connectivity index (χ2v) is 7.82. The Hall–Kier alpha value is -3.15. The minimum Gasteiger partial charge on any atom is -0.481 e. The molecule has 0 aromatic carbocycles. The molecule has 4 rings (SSSR count). The summed E-state index contributed by atoms with van der Waals surface area (Å²) in [5, 5.41) is 7.12. The number of anilines is 1. The van der Waals surface area contributed by atoms with Gasteiger partial charge in [-0.05, 0) is 30.7 Å². The summed E-state index contributed by atoms with van der Waals surface area (Å²) in [7, 11) is 1.63. The van der Waals surface area contributed by atoms with Crippen LogP contribution in [0, 0.1) is 5.41 Å². The summed E-state index contributed by atoms with van der Waals surface area (Å²) in [6.45, 7) is 3.31. The van der Waals surface area contributed by atoms with Crippen LogP contribution in [0.15, 0.2) is 36.8 Å². The van der Waals surface area contributed by atoms with Gasteiger partial charge >= 0.3 is 12.1 Å². The number of carboxylic acids is 1. The molecular weight excluding hydrogens is 445 g/mol. The summed E-state index contributed by atoms with van der Waals surface area (Å²) in [6.07, 6.45) is 1.59. The van der Waals surface area contributed by atoms with Gasteiger partial charge in [-0.15, -0.1) is 0 Å². The number of methoxy groups -OCH3 is 1. The fourth-order valence-electron chi connectivity index (χ4n) is 3.79. The van der Waals surface area contributed by atoms with Crippen LogP contribution >= 0.6 is 0 Å². The molecule has 0 aliphatic carbocycles. The fraction of sp³-hybridized carbons (Fsp3) is 0.524. The average Bonchev–Trinajstić information content (AvgIpc) is 3.21. The molecule has 1 N–H and O–H groups in total. The summed E-state index contributed by atoms with van der Waals surface area (Å²) in [4.78, 5) is 23.8. The zero-order valence-electron chi connectivity index (χ0n) is 18.0. The molecule has 2 fully saturated rings. The maximum atomic E-state index is 10.6. The Labute approximate surface area is 188 Å². The number of piperidine rings is 1. The van der Waals surface area contributed by atoms with Gasteiger partial charge in [0.1, 0.15) is 18.8 Å². The molecule has 2 aliphatic heterocycles. The Bertz CT molecular complexity index is 908. The average molecular weight is 470 g/mol. The van der Waals surface area contributed by atoms with Crippen molar-refractivity contribution >= 4 is 11.8 Å². The van der Waals surface area contributed by atoms with E-state index in [9.17, 15) is 13.2 Å². The summed E-state index contributed by atoms with van der Waals surface area (Å²) in [6, 6.07) is 7.58. The van der Waals surface area contributed by atoms with E-state index >= 15 is 0 Å². The molecule has 0 radical (unpaired) electrons. The van der Waals surface area contributed by atoms with Gasteiger partial charge in [0.05, 0.1) is 19.8 Å². The van der Waals surface area contributed by atoms with Crippen molar-refractivity contribution in [2.75, 3.05) is 38.3 Å². The first-order chi connectivity index (χ1) is 15.7. The van der Waals surface area contributed by atoms with Gasteiger partial charge in [0.2, 0.25) is 11.8 Å². The van der Waals surface area contributed by atoms with E-state index in [1.807, 2.05) is 24.3 Å². The zero-order chi connectivity index (χ0) is 23.9. The number of halogens is 3. The second-order valence-electron chi connectivity index (χ2n) is 7.82. The number of pyridine rings is 1. The lowest BCUT2D eigenvalue weighted by molar-refractivity contribution is -0.192. The first-order valence-corrected chi connectivity index (χ1v) is 10.3. The first kappa shape index (κ1) is 24.5. The molecule has 180 valence electrons. The Balaban J connectivity index is 0.000000383. The highest BCUT2D eigenvalue weighted by Crippen LogP contribution is 2.42. The monoisotopic (exact) mass is 470 g/mol. The van der Waals surface area contributed by atoms with Crippen LogP contribution in [0.3, 0.4) is 0 Å². The molecule has 9 nitrogen and oxygen atoms in total. The van der Waals surface area contributed by atoms with E-state index in [2.05, 4.69) is 19.9 Å². The van der Waals surface area contributed by atoms with Gasteiger partial charge in [-0.25, -0.2) is 19.7 Å². The molecule has 2 aliphatic rings. The van der Waals surface area contributed by atoms with Crippen LogP contribution in [0.2, 0.25) is 0 Å². The smallest absolute Gasteiger partial charge is 0.481 e. The normalized spacial score (nSPS) is 19.5. The van der Waals surface area contributed by atoms with Crippen molar-refractivity contribution in [3.05, 3.63) is 36.8 Å². The standard InChI is InChI=1S/C19H24N4O3.C2HF3O2/c1-24-18-10-16(21-14-22-18)23-8-5-19(6-9-23)11-15(26-13-19)12-25-17-4-2-3-7-20-17;3-2(4,5)1(6)7/h2-4,7,10,14-15H,5-6,8-9,11-13H2,1H3;(H,6,7). The summed E-state index contributed by atoms with van der Waals surface area (Å²) >= 11 is 0. The largest absolute Gasteiger partial charge is 0.490 e. The number of carbonyl (C=O) groups is 1. The van der Waals surface area contributed by atoms with Crippen LogP contribution in [0.5, 0.6) is 11.8 Å². The van der Waals surface area contributed by atoms with Crippen LogP contribution < -0.4 is 14.4 Å². The minimum absolute atomic E-state index is 0.141. The first-order valence-electron chi connectivity index (χ1n) is 10.3. The number of rotatable bonds is 5. The SMILES string of the molecule is COc1cc(N2CCC3(CC2)COC(COc2ccccn2)C3)ncn1.O=C(O)C(F)(F)F. The van der Waals surface area contributed by atoms with Crippen LogP contribution in [0.4, 0.5) is 19.0 Å². The van der Waals surface area contributed by atoms with E-state index in [0.717, 1.165) is 44.8 Å². The molecule has 1 spiro atoms. The summed E-state index contributed by atoms with van der Waals surface area (Å²) in [5.74, 6) is -0.566. The molecule has 2 aromatic rings. The van der Waals surface area contributed by atoms with Crippen LogP contribution in [0.1, 0.15) is 19.3 Å². The van der Waals surface area contributed by atoms with Crippen LogP contribution in [0.25, 0.3) is 0 Å². The number of hydrogen-bond donors (Lipinski definition) is 1. The highest BCUT2D eigenvalue weighted by atomic mass is 19.4. The lowest BCUT2D eigenvalue weighted by atomic mass is 9.76. The molecule has 4 heterocycles. The molecular formula is C21H25F3N4O5. The van der Waals surface area contributed by atoms with E-state index in [1.165, 1.54) is 0 Å². The Kier molecular flexibility index (Phi) is 7.90. The topological polar surface area (TPSA) is 107 Å². The van der Waals surface area contributed by atoms with Crippen molar-refractivity contribution in [2.24, 2.45) is 5.41 Å². The molecule has 1 unspecified atom stereocenters. The molecule has 33 heavy (non-hydrogen) atoms. The van der Waals surface area contributed by atoms with Crippen molar-refractivity contribution in [1.82, 2.24) is 15.0 Å². The Morgan fingerprint density at radius 3 is 2.58 bits per heavy atom. The van der Waals surface area contributed by atoms with Gasteiger partial charge in [0.25, 0.3) is 0 Å². The third kappa shape index (κ3) is 6.91. The third-order valence-corrected chi connectivity index (χ3v) is 5.57. The van der Waals surface area contributed by atoms with Crippen LogP contribution in [-0.4, -0.2) is 71.7 Å². The van der Waals surface area contributed by atoms with E-state index in [4.69, 9.17) is 24.1 Å². The Morgan fingerprint density at radius 2 is 1.97 bits per heavy atom. The van der Waals surface area contributed by atoms with Gasteiger partial charge in [-0.2, -0.15) is 13.2 Å². The number of nitrogens with zero attached hydrogens (tertiary/aromatic N) is 4. The summed E-state index contributed by atoms with van der Waals surface area (Å²) in [5.41, 5.74) is 0.256. The van der Waals surface area contributed by atoms with Crippen molar-refractivity contribution < 1.29 is 37.3 Å². The number of alkyl halides is 3. The highest BCUT2D eigenvalue weighted by Gasteiger charge is 2.43. The van der Waals surface area contributed by atoms with E-state index < -0.39 is 12.1 Å². The number of hydrogen-bond acceptors (Lipinski definition) is 8. The molecule has 0 bridgehead atoms. The van der Waals surface area contributed by atoms with Gasteiger partial charge < -0.3 is 24.2 Å². The number of ether oxygens (including phenoxy) is 3. The predicted molar refractivity (Wildman–Crippen MR) is 110 cm³/mol. The van der Waals surface area contributed by atoms with E-state index in [1.54, 1.807) is 19.6 Å². The lowest BCUT2D eigenvalue weighted by Crippen LogP contribution is -2.41. The maximum Gasteiger partial charge on any atom is 0.490 e. The summed E-state index contributed by atoms with van der Waals surface area (Å²) < 4.78 is 48.7. The zero-order valence-corrected chi connectivity index (χ0v) is 18.0. The molecule has 0 amide bonds. The van der Waals surface area contributed by atoms with Gasteiger partial charge in [0, 0.05) is 31.4 Å². The molecule has 2 aromatic heterocycles. The Morgan fingerprint density at radius 1 is 1.24 bits per heavy atom. The fourth-order valence-corrected chi connectivity index (χ4v) is 3.79. The number of carboxylic acid groups (broad SMARTS) is 1. The predicted octanol–water partition coefficient (Wildman–Crippen LogP) is 2.97. The van der Waals surface area contributed by atoms with E-state index in [0.29, 0.717) is 18.4 Å². The lowest BCUT2D eigenvalue weighted by Gasteiger charge is -2.39. The van der Waals surface area contributed by atoms with Crippen molar-refractivity contribution in [3.63, 3.8) is 0 Å². The van der Waals surface area contributed by atoms with Gasteiger partial charge in [-0.1, -0.05) is 6.07 Å². The van der Waals surface area contributed by atoms with Crippen molar-refractivity contribution in [1.29, 1.82) is 0 Å².